The molecule has 1 aromatic carbocycles. The van der Waals surface area contributed by atoms with E-state index in [0.29, 0.717) is 16.7 Å². The molecule has 1 fully saturated rings. The lowest BCUT2D eigenvalue weighted by Crippen LogP contribution is -2.51. The van der Waals surface area contributed by atoms with Gasteiger partial charge in [-0.1, -0.05) is 27.2 Å². The lowest BCUT2D eigenvalue weighted by molar-refractivity contribution is 0.175. The molecule has 1 N–H and O–H groups in total. The predicted molar refractivity (Wildman–Crippen MR) is 92.4 cm³/mol. The highest BCUT2D eigenvalue weighted by atomic mass is 32.2. The standard InChI is InChI=1S/C18H29NOS/c1-5-13-19-17-16(7-6-12-18(17,2)3)21-15-10-8-14(20-4)9-11-15/h8-11,16-17,19H,5-7,12-13H2,1-4H3. The molecule has 0 aliphatic heterocycles. The second-order valence-corrected chi connectivity index (χ2v) is 7.96. The van der Waals surface area contributed by atoms with Gasteiger partial charge in [0.05, 0.1) is 7.11 Å². The quantitative estimate of drug-likeness (QED) is 0.820. The summed E-state index contributed by atoms with van der Waals surface area (Å²) in [5.74, 6) is 0.934. The Hall–Kier alpha value is -0.670. The molecule has 3 heteroatoms. The summed E-state index contributed by atoms with van der Waals surface area (Å²) in [6.45, 7) is 8.20. The Morgan fingerprint density at radius 1 is 1.29 bits per heavy atom. The van der Waals surface area contributed by atoms with Gasteiger partial charge < -0.3 is 10.1 Å². The molecule has 21 heavy (non-hydrogen) atoms. The Bertz CT molecular complexity index is 429. The normalized spacial score (nSPS) is 24.8. The Labute approximate surface area is 134 Å². The van der Waals surface area contributed by atoms with Gasteiger partial charge in [0.25, 0.3) is 0 Å². The number of hydrogen-bond acceptors (Lipinski definition) is 3. The molecule has 2 nitrogen and oxygen atoms in total. The Morgan fingerprint density at radius 3 is 2.62 bits per heavy atom. The molecule has 1 saturated carbocycles. The number of benzene rings is 1. The summed E-state index contributed by atoms with van der Waals surface area (Å²) in [5.41, 5.74) is 0.386. The maximum atomic E-state index is 5.24. The van der Waals surface area contributed by atoms with Crippen LogP contribution in [0, 0.1) is 5.41 Å². The van der Waals surface area contributed by atoms with Crippen molar-refractivity contribution >= 4 is 11.8 Å². The first kappa shape index (κ1) is 16.7. The molecule has 1 aliphatic carbocycles. The summed E-state index contributed by atoms with van der Waals surface area (Å²) >= 11 is 2.03. The summed E-state index contributed by atoms with van der Waals surface area (Å²) in [7, 11) is 1.72. The van der Waals surface area contributed by atoms with Crippen molar-refractivity contribution in [1.29, 1.82) is 0 Å². The minimum Gasteiger partial charge on any atom is -0.497 e. The Morgan fingerprint density at radius 2 is 2.00 bits per heavy atom. The van der Waals surface area contributed by atoms with Gasteiger partial charge in [0.15, 0.2) is 0 Å². The van der Waals surface area contributed by atoms with E-state index in [9.17, 15) is 0 Å². The van der Waals surface area contributed by atoms with Crippen molar-refractivity contribution in [3.8, 4) is 5.75 Å². The molecule has 2 unspecified atom stereocenters. The molecular formula is C18H29NOS. The zero-order chi connectivity index (χ0) is 15.3. The van der Waals surface area contributed by atoms with Gasteiger partial charge in [-0.3, -0.25) is 0 Å². The first-order chi connectivity index (χ1) is 10.1. The largest absolute Gasteiger partial charge is 0.497 e. The van der Waals surface area contributed by atoms with Gasteiger partial charge in [-0.15, -0.1) is 11.8 Å². The SMILES string of the molecule is CCCNC1C(Sc2ccc(OC)cc2)CCCC1(C)C. The van der Waals surface area contributed by atoms with E-state index in [1.165, 1.54) is 30.6 Å². The first-order valence-electron chi connectivity index (χ1n) is 8.11. The molecule has 0 aromatic heterocycles. The molecule has 1 aromatic rings. The third-order valence-electron chi connectivity index (χ3n) is 4.48. The van der Waals surface area contributed by atoms with E-state index in [0.717, 1.165) is 12.3 Å². The molecule has 0 amide bonds. The highest BCUT2D eigenvalue weighted by Crippen LogP contribution is 2.43. The highest BCUT2D eigenvalue weighted by Gasteiger charge is 2.38. The van der Waals surface area contributed by atoms with Crippen LogP contribution >= 0.6 is 11.8 Å². The van der Waals surface area contributed by atoms with Crippen LogP contribution in [0.4, 0.5) is 0 Å². The highest BCUT2D eigenvalue weighted by molar-refractivity contribution is 8.00. The van der Waals surface area contributed by atoms with Gasteiger partial charge in [0.2, 0.25) is 0 Å². The van der Waals surface area contributed by atoms with Crippen molar-refractivity contribution in [2.45, 2.75) is 62.6 Å². The molecule has 0 radical (unpaired) electrons. The topological polar surface area (TPSA) is 21.3 Å². The number of hydrogen-bond donors (Lipinski definition) is 1. The minimum atomic E-state index is 0.386. The molecule has 0 saturated heterocycles. The molecule has 0 bridgehead atoms. The van der Waals surface area contributed by atoms with Crippen LogP contribution < -0.4 is 10.1 Å². The fourth-order valence-electron chi connectivity index (χ4n) is 3.25. The van der Waals surface area contributed by atoms with E-state index in [-0.39, 0.29) is 0 Å². The molecular weight excluding hydrogens is 278 g/mol. The van der Waals surface area contributed by atoms with Gasteiger partial charge >= 0.3 is 0 Å². The minimum absolute atomic E-state index is 0.386. The van der Waals surface area contributed by atoms with E-state index < -0.39 is 0 Å². The third-order valence-corrected chi connectivity index (χ3v) is 5.84. The molecule has 118 valence electrons. The van der Waals surface area contributed by atoms with Crippen LogP contribution in [0.25, 0.3) is 0 Å². The lowest BCUT2D eigenvalue weighted by atomic mass is 9.73. The fourth-order valence-corrected chi connectivity index (χ4v) is 4.78. The van der Waals surface area contributed by atoms with Gasteiger partial charge in [-0.05, 0) is 55.5 Å². The smallest absolute Gasteiger partial charge is 0.118 e. The molecule has 0 spiro atoms. The number of ether oxygens (including phenoxy) is 1. The molecule has 1 aliphatic rings. The average molecular weight is 308 g/mol. The zero-order valence-corrected chi connectivity index (χ0v) is 14.6. The van der Waals surface area contributed by atoms with E-state index in [1.807, 2.05) is 11.8 Å². The van der Waals surface area contributed by atoms with Crippen molar-refractivity contribution in [2.24, 2.45) is 5.41 Å². The molecule has 2 atom stereocenters. The van der Waals surface area contributed by atoms with Crippen LogP contribution in [0.3, 0.4) is 0 Å². The number of methoxy groups -OCH3 is 1. The maximum absolute atomic E-state index is 5.24. The van der Waals surface area contributed by atoms with Crippen LogP contribution in [0.15, 0.2) is 29.2 Å². The molecule has 2 rings (SSSR count). The third kappa shape index (κ3) is 4.40. The second-order valence-electron chi connectivity index (χ2n) is 6.64. The molecule has 0 heterocycles. The van der Waals surface area contributed by atoms with Gasteiger partial charge in [-0.2, -0.15) is 0 Å². The van der Waals surface area contributed by atoms with E-state index in [1.54, 1.807) is 7.11 Å². The van der Waals surface area contributed by atoms with Gasteiger partial charge in [0, 0.05) is 16.2 Å². The van der Waals surface area contributed by atoms with E-state index in [2.05, 4.69) is 50.4 Å². The Kier molecular flexibility index (Phi) is 6.00. The van der Waals surface area contributed by atoms with E-state index >= 15 is 0 Å². The zero-order valence-electron chi connectivity index (χ0n) is 13.8. The van der Waals surface area contributed by atoms with Gasteiger partial charge in [-0.25, -0.2) is 0 Å². The van der Waals surface area contributed by atoms with E-state index in [4.69, 9.17) is 4.74 Å². The first-order valence-corrected chi connectivity index (χ1v) is 8.99. The van der Waals surface area contributed by atoms with Crippen molar-refractivity contribution in [1.82, 2.24) is 5.32 Å². The average Bonchev–Trinajstić information content (AvgIpc) is 2.47. The summed E-state index contributed by atoms with van der Waals surface area (Å²) in [4.78, 5) is 1.35. The van der Waals surface area contributed by atoms with Crippen LogP contribution in [-0.2, 0) is 0 Å². The fraction of sp³-hybridized carbons (Fsp3) is 0.667. The van der Waals surface area contributed by atoms with Crippen molar-refractivity contribution in [3.05, 3.63) is 24.3 Å². The summed E-state index contributed by atoms with van der Waals surface area (Å²) in [6.07, 6.45) is 5.17. The second kappa shape index (κ2) is 7.55. The lowest BCUT2D eigenvalue weighted by Gasteiger charge is -2.44. The van der Waals surface area contributed by atoms with Crippen molar-refractivity contribution in [2.75, 3.05) is 13.7 Å². The van der Waals surface area contributed by atoms with Crippen LogP contribution in [0.2, 0.25) is 0 Å². The van der Waals surface area contributed by atoms with Crippen molar-refractivity contribution < 1.29 is 4.74 Å². The van der Waals surface area contributed by atoms with Crippen LogP contribution in [-0.4, -0.2) is 24.9 Å². The monoisotopic (exact) mass is 307 g/mol. The van der Waals surface area contributed by atoms with Crippen LogP contribution in [0.1, 0.15) is 46.5 Å². The van der Waals surface area contributed by atoms with Crippen LogP contribution in [0.5, 0.6) is 5.75 Å². The maximum Gasteiger partial charge on any atom is 0.118 e. The number of thioether (sulfide) groups is 1. The number of rotatable bonds is 6. The number of nitrogens with one attached hydrogen (secondary N) is 1. The van der Waals surface area contributed by atoms with Crippen molar-refractivity contribution in [3.63, 3.8) is 0 Å². The summed E-state index contributed by atoms with van der Waals surface area (Å²) < 4.78 is 5.24. The summed E-state index contributed by atoms with van der Waals surface area (Å²) in [6, 6.07) is 9.08. The van der Waals surface area contributed by atoms with Gasteiger partial charge in [0.1, 0.15) is 5.75 Å². The summed E-state index contributed by atoms with van der Waals surface area (Å²) in [5, 5.41) is 4.47. The Balaban J connectivity index is 2.07. The predicted octanol–water partition coefficient (Wildman–Crippen LogP) is 4.73.